The molecule has 0 saturated carbocycles. The van der Waals surface area contributed by atoms with Gasteiger partial charge in [0.15, 0.2) is 0 Å². The maximum absolute atomic E-state index is 10.1. The quantitative estimate of drug-likeness (QED) is 0.605. The van der Waals surface area contributed by atoms with E-state index in [0.717, 1.165) is 46.6 Å². The highest BCUT2D eigenvalue weighted by atomic mass is 79.9. The second-order valence-corrected chi connectivity index (χ2v) is 9.02. The lowest BCUT2D eigenvalue weighted by molar-refractivity contribution is 0.286. The molecule has 0 radical (unpaired) electrons. The molecule has 3 N–H and O–H groups in total. The summed E-state index contributed by atoms with van der Waals surface area (Å²) in [6, 6.07) is 6.30. The fourth-order valence-corrected chi connectivity index (χ4v) is 4.76. The molecule has 0 amide bonds. The Morgan fingerprint density at radius 1 is 1.37 bits per heavy atom. The van der Waals surface area contributed by atoms with Gasteiger partial charge in [0, 0.05) is 21.6 Å². The molecule has 146 valence electrons. The number of aliphatic hydroxyl groups is 1. The van der Waals surface area contributed by atoms with E-state index in [1.165, 1.54) is 11.1 Å². The average molecular weight is 452 g/mol. The van der Waals surface area contributed by atoms with Crippen molar-refractivity contribution in [2.45, 2.75) is 38.6 Å². The van der Waals surface area contributed by atoms with E-state index < -0.39 is 0 Å². The minimum absolute atomic E-state index is 0.0136. The minimum atomic E-state index is 0.0136. The van der Waals surface area contributed by atoms with Gasteiger partial charge in [0.05, 0.1) is 12.6 Å². The zero-order valence-electron chi connectivity index (χ0n) is 15.9. The van der Waals surface area contributed by atoms with Crippen molar-refractivity contribution in [1.29, 1.82) is 0 Å². The maximum Gasteiger partial charge on any atom is 0.0685 e. The molecule has 1 saturated heterocycles. The second-order valence-electron chi connectivity index (χ2n) is 7.33. The number of fused-ring (bicyclic) bond motifs is 1. The van der Waals surface area contributed by atoms with E-state index in [1.54, 1.807) is 0 Å². The third-order valence-corrected chi connectivity index (χ3v) is 6.10. The molecule has 2 aliphatic rings. The predicted molar refractivity (Wildman–Crippen MR) is 118 cm³/mol. The van der Waals surface area contributed by atoms with Crippen LogP contribution in [0.2, 0.25) is 5.02 Å². The summed E-state index contributed by atoms with van der Waals surface area (Å²) in [6.07, 6.45) is 8.56. The molecule has 0 bridgehead atoms. The normalized spacial score (nSPS) is 25.7. The molecule has 0 spiro atoms. The lowest BCUT2D eigenvalue weighted by atomic mass is 9.73. The van der Waals surface area contributed by atoms with Gasteiger partial charge in [-0.25, -0.2) is 0 Å². The first-order chi connectivity index (χ1) is 13.0. The molecule has 1 aromatic rings. The summed E-state index contributed by atoms with van der Waals surface area (Å²) in [6.45, 7) is 6.20. The number of halogens is 2. The SMILES string of the molecule is C/C=C1/C(CO)=Cc2cc(Cl)ccc2C(C2CCNCC2)C1N/C=C(\C)Br. The third kappa shape index (κ3) is 4.68. The van der Waals surface area contributed by atoms with Crippen LogP contribution in [0, 0.1) is 5.92 Å². The Bertz CT molecular complexity index is 762. The summed E-state index contributed by atoms with van der Waals surface area (Å²) in [5.41, 5.74) is 4.56. The highest BCUT2D eigenvalue weighted by Crippen LogP contribution is 2.43. The van der Waals surface area contributed by atoms with Crippen molar-refractivity contribution >= 4 is 33.6 Å². The van der Waals surface area contributed by atoms with Gasteiger partial charge in [-0.15, -0.1) is 0 Å². The molecular formula is C22H28BrClN2O. The molecule has 1 fully saturated rings. The fraction of sp³-hybridized carbons (Fsp3) is 0.455. The van der Waals surface area contributed by atoms with Crippen LogP contribution in [0.1, 0.15) is 43.7 Å². The van der Waals surface area contributed by atoms with Crippen molar-refractivity contribution in [3.8, 4) is 0 Å². The van der Waals surface area contributed by atoms with Crippen LogP contribution in [0.5, 0.6) is 0 Å². The molecule has 5 heteroatoms. The number of rotatable bonds is 4. The van der Waals surface area contributed by atoms with Crippen molar-refractivity contribution in [1.82, 2.24) is 10.6 Å². The Morgan fingerprint density at radius 2 is 2.11 bits per heavy atom. The molecule has 0 aromatic heterocycles. The molecular weight excluding hydrogens is 424 g/mol. The standard InChI is InChI=1S/C22H28BrClN2O/c1-3-19-17(13-27)10-16-11-18(24)4-5-20(16)21(15-6-8-25-9-7-15)22(19)26-12-14(2)23/h3-5,10-12,15,21-22,25-27H,6-9,13H2,1-2H3/b14-12+,19-3-. The van der Waals surface area contributed by atoms with Gasteiger partial charge in [0.25, 0.3) is 0 Å². The zero-order chi connectivity index (χ0) is 19.4. The second kappa shape index (κ2) is 9.42. The van der Waals surface area contributed by atoms with Crippen LogP contribution in [-0.2, 0) is 0 Å². The number of piperidine rings is 1. The fourth-order valence-electron chi connectivity index (χ4n) is 4.45. The first kappa shape index (κ1) is 20.7. The van der Waals surface area contributed by atoms with Gasteiger partial charge < -0.3 is 15.7 Å². The monoisotopic (exact) mass is 450 g/mol. The Balaban J connectivity index is 2.17. The van der Waals surface area contributed by atoms with Crippen molar-refractivity contribution in [3.63, 3.8) is 0 Å². The first-order valence-electron chi connectivity index (χ1n) is 9.61. The van der Waals surface area contributed by atoms with Gasteiger partial charge in [-0.1, -0.05) is 39.7 Å². The van der Waals surface area contributed by atoms with Crippen LogP contribution in [0.4, 0.5) is 0 Å². The number of benzene rings is 1. The number of nitrogens with one attached hydrogen (secondary N) is 2. The summed E-state index contributed by atoms with van der Waals surface area (Å²) in [7, 11) is 0. The lowest BCUT2D eigenvalue weighted by Crippen LogP contribution is -2.41. The van der Waals surface area contributed by atoms with Crippen LogP contribution in [0.25, 0.3) is 6.08 Å². The Hall–Kier alpha value is -1.07. The van der Waals surface area contributed by atoms with E-state index in [2.05, 4.69) is 51.7 Å². The third-order valence-electron chi connectivity index (χ3n) is 5.64. The number of hydrogen-bond donors (Lipinski definition) is 3. The topological polar surface area (TPSA) is 44.3 Å². The van der Waals surface area contributed by atoms with Gasteiger partial charge in [0.2, 0.25) is 0 Å². The molecule has 2 unspecified atom stereocenters. The summed E-state index contributed by atoms with van der Waals surface area (Å²) < 4.78 is 1.05. The molecule has 3 rings (SSSR count). The van der Waals surface area contributed by atoms with E-state index in [4.69, 9.17) is 11.6 Å². The Labute approximate surface area is 175 Å². The molecule has 27 heavy (non-hydrogen) atoms. The molecule has 1 aromatic carbocycles. The summed E-state index contributed by atoms with van der Waals surface area (Å²) >= 11 is 9.86. The van der Waals surface area contributed by atoms with Crippen LogP contribution in [-0.4, -0.2) is 30.8 Å². The van der Waals surface area contributed by atoms with Gasteiger partial charge in [-0.3, -0.25) is 0 Å². The summed E-state index contributed by atoms with van der Waals surface area (Å²) in [4.78, 5) is 0. The van der Waals surface area contributed by atoms with Crippen molar-refractivity contribution in [3.05, 3.63) is 62.3 Å². The molecule has 3 nitrogen and oxygen atoms in total. The average Bonchev–Trinajstić information content (AvgIpc) is 2.80. The molecule has 1 heterocycles. The number of aliphatic hydroxyl groups excluding tert-OH is 1. The highest BCUT2D eigenvalue weighted by Gasteiger charge is 2.37. The van der Waals surface area contributed by atoms with Gasteiger partial charge in [-0.05, 0) is 86.2 Å². The number of hydrogen-bond acceptors (Lipinski definition) is 3. The first-order valence-corrected chi connectivity index (χ1v) is 10.8. The molecule has 1 aliphatic heterocycles. The Morgan fingerprint density at radius 3 is 2.74 bits per heavy atom. The summed E-state index contributed by atoms with van der Waals surface area (Å²) in [5, 5.41) is 18.0. The van der Waals surface area contributed by atoms with Crippen molar-refractivity contribution in [2.75, 3.05) is 19.7 Å². The van der Waals surface area contributed by atoms with Crippen LogP contribution in [0.3, 0.4) is 0 Å². The minimum Gasteiger partial charge on any atom is -0.392 e. The maximum atomic E-state index is 10.1. The van der Waals surface area contributed by atoms with E-state index in [9.17, 15) is 5.11 Å². The van der Waals surface area contributed by atoms with E-state index in [0.29, 0.717) is 11.8 Å². The highest BCUT2D eigenvalue weighted by molar-refractivity contribution is 9.11. The predicted octanol–water partition coefficient (Wildman–Crippen LogP) is 4.97. The van der Waals surface area contributed by atoms with E-state index in [1.807, 2.05) is 25.3 Å². The van der Waals surface area contributed by atoms with Gasteiger partial charge >= 0.3 is 0 Å². The Kier molecular flexibility index (Phi) is 7.21. The van der Waals surface area contributed by atoms with Crippen molar-refractivity contribution in [2.24, 2.45) is 5.92 Å². The molecule has 2 atom stereocenters. The largest absolute Gasteiger partial charge is 0.392 e. The van der Waals surface area contributed by atoms with E-state index in [-0.39, 0.29) is 12.6 Å². The zero-order valence-corrected chi connectivity index (χ0v) is 18.3. The van der Waals surface area contributed by atoms with Crippen molar-refractivity contribution < 1.29 is 5.11 Å². The van der Waals surface area contributed by atoms with Crippen LogP contribution in [0.15, 0.2) is 46.1 Å². The lowest BCUT2D eigenvalue weighted by Gasteiger charge is -2.38. The number of allylic oxidation sites excluding steroid dienone is 2. The van der Waals surface area contributed by atoms with Crippen LogP contribution >= 0.6 is 27.5 Å². The summed E-state index contributed by atoms with van der Waals surface area (Å²) in [5.74, 6) is 0.878. The molecule has 1 aliphatic carbocycles. The van der Waals surface area contributed by atoms with Gasteiger partial charge in [-0.2, -0.15) is 0 Å². The van der Waals surface area contributed by atoms with Gasteiger partial charge in [0.1, 0.15) is 0 Å². The van der Waals surface area contributed by atoms with Crippen LogP contribution < -0.4 is 10.6 Å². The smallest absolute Gasteiger partial charge is 0.0685 e. The van der Waals surface area contributed by atoms with E-state index >= 15 is 0 Å².